The number of aromatic nitrogens is 5. The van der Waals surface area contributed by atoms with Gasteiger partial charge >= 0.3 is 6.18 Å². The quantitative estimate of drug-likeness (QED) is 0.167. The Balaban J connectivity index is 0.000000714. The van der Waals surface area contributed by atoms with Crippen molar-refractivity contribution < 1.29 is 30.5 Å². The van der Waals surface area contributed by atoms with Crippen LogP contribution in [-0.2, 0) is 22.8 Å². The maximum Gasteiger partial charge on any atom is 0.417 e. The Bertz CT molecular complexity index is 1790. The monoisotopic (exact) mass is 590 g/mol. The van der Waals surface area contributed by atoms with E-state index >= 15 is 0 Å². The minimum absolute atomic E-state index is 0.244. The van der Waals surface area contributed by atoms with Gasteiger partial charge in [0, 0.05) is 12.1 Å². The van der Waals surface area contributed by atoms with Crippen LogP contribution in [0.4, 0.5) is 23.5 Å². The highest BCUT2D eigenvalue weighted by molar-refractivity contribution is 7.85. The van der Waals surface area contributed by atoms with Crippen LogP contribution in [0.5, 0.6) is 0 Å². The predicted molar refractivity (Wildman–Crippen MR) is 148 cm³/mol. The summed E-state index contributed by atoms with van der Waals surface area (Å²) < 4.78 is 83.7. The number of nitrogen functional groups attached to an aromatic ring is 1. The molecule has 0 aliphatic carbocycles. The number of benzene rings is 2. The average molecular weight is 591 g/mol. The standard InChI is InChI=1S/C26H22F4N6.CH4O3S/c1-14(2)13-36-24-19(33-25(36)31)12-11-18(32-24)22-21(15-7-4-3-5-8-15)34-23(35-22)20-16(26(28,29)30)9-6-10-17(20)27;1-5(2,3)4/h3-12,14H,13H2,1-2H3,(H2,31,33)(H,34,35);1H3,(H,2,3,4). The maximum absolute atomic E-state index is 14.8. The zero-order chi connectivity index (χ0) is 30.1. The number of pyridine rings is 1. The zero-order valence-corrected chi connectivity index (χ0v) is 22.9. The molecule has 0 fully saturated rings. The van der Waals surface area contributed by atoms with E-state index in [0.29, 0.717) is 46.9 Å². The van der Waals surface area contributed by atoms with E-state index in [2.05, 4.69) is 15.0 Å². The van der Waals surface area contributed by atoms with E-state index in [1.54, 1.807) is 41.0 Å². The number of halogens is 4. The number of aromatic amines is 1. The summed E-state index contributed by atoms with van der Waals surface area (Å²) in [5, 5.41) is 0. The van der Waals surface area contributed by atoms with Crippen LogP contribution in [0.25, 0.3) is 45.2 Å². The number of alkyl halides is 3. The van der Waals surface area contributed by atoms with E-state index in [1.165, 1.54) is 0 Å². The molecule has 5 rings (SSSR count). The minimum Gasteiger partial charge on any atom is -0.369 e. The lowest BCUT2D eigenvalue weighted by molar-refractivity contribution is -0.137. The van der Waals surface area contributed by atoms with Crippen LogP contribution in [0.2, 0.25) is 0 Å². The average Bonchev–Trinajstić information content (AvgIpc) is 3.44. The first kappa shape index (κ1) is 29.7. The number of anilines is 1. The van der Waals surface area contributed by atoms with E-state index in [0.717, 1.165) is 18.2 Å². The van der Waals surface area contributed by atoms with Crippen LogP contribution in [0.15, 0.2) is 60.7 Å². The third-order valence-electron chi connectivity index (χ3n) is 5.73. The first-order valence-electron chi connectivity index (χ1n) is 12.2. The lowest BCUT2D eigenvalue weighted by Crippen LogP contribution is -2.09. The molecule has 0 radical (unpaired) electrons. The summed E-state index contributed by atoms with van der Waals surface area (Å²) in [5.41, 5.74) is 7.20. The van der Waals surface area contributed by atoms with Crippen molar-refractivity contribution in [1.29, 1.82) is 0 Å². The van der Waals surface area contributed by atoms with Gasteiger partial charge in [0.2, 0.25) is 5.95 Å². The number of fused-ring (bicyclic) bond motifs is 1. The number of hydrogen-bond donors (Lipinski definition) is 3. The molecule has 0 atom stereocenters. The summed E-state index contributed by atoms with van der Waals surface area (Å²) in [6.07, 6.45) is -4.05. The van der Waals surface area contributed by atoms with E-state index in [4.69, 9.17) is 15.3 Å². The summed E-state index contributed by atoms with van der Waals surface area (Å²) in [6, 6.07) is 15.2. The van der Waals surface area contributed by atoms with Crippen molar-refractivity contribution in [3.05, 3.63) is 72.0 Å². The molecular weight excluding hydrogens is 564 g/mol. The van der Waals surface area contributed by atoms with E-state index in [-0.39, 0.29) is 17.4 Å². The van der Waals surface area contributed by atoms with Crippen LogP contribution >= 0.6 is 0 Å². The third-order valence-corrected chi connectivity index (χ3v) is 5.73. The van der Waals surface area contributed by atoms with Crippen LogP contribution < -0.4 is 5.73 Å². The molecule has 0 saturated heterocycles. The summed E-state index contributed by atoms with van der Waals surface area (Å²) in [7, 11) is -3.67. The van der Waals surface area contributed by atoms with Gasteiger partial charge < -0.3 is 10.7 Å². The lowest BCUT2D eigenvalue weighted by atomic mass is 10.1. The molecule has 0 aliphatic heterocycles. The number of hydrogen-bond acceptors (Lipinski definition) is 6. The first-order valence-corrected chi connectivity index (χ1v) is 14.1. The molecule has 216 valence electrons. The zero-order valence-electron chi connectivity index (χ0n) is 22.1. The van der Waals surface area contributed by atoms with Gasteiger partial charge in [-0.05, 0) is 30.2 Å². The highest BCUT2D eigenvalue weighted by Gasteiger charge is 2.36. The van der Waals surface area contributed by atoms with Gasteiger partial charge in [0.15, 0.2) is 5.65 Å². The number of imidazole rings is 2. The molecule has 3 aromatic heterocycles. The van der Waals surface area contributed by atoms with Crippen LogP contribution in [-0.4, -0.2) is 43.7 Å². The molecular formula is C27H26F4N6O3S. The molecule has 0 spiro atoms. The smallest absolute Gasteiger partial charge is 0.369 e. The fourth-order valence-corrected chi connectivity index (χ4v) is 4.19. The van der Waals surface area contributed by atoms with Crippen LogP contribution in [0.1, 0.15) is 19.4 Å². The fraction of sp³-hybridized carbons (Fsp3) is 0.222. The van der Waals surface area contributed by atoms with Gasteiger partial charge in [0.1, 0.15) is 22.9 Å². The Morgan fingerprint density at radius 3 is 2.27 bits per heavy atom. The van der Waals surface area contributed by atoms with Gasteiger partial charge in [-0.15, -0.1) is 0 Å². The van der Waals surface area contributed by atoms with Crippen molar-refractivity contribution in [3.8, 4) is 34.0 Å². The second-order valence-electron chi connectivity index (χ2n) is 9.58. The Morgan fingerprint density at radius 2 is 1.66 bits per heavy atom. The summed E-state index contributed by atoms with van der Waals surface area (Å²) in [4.78, 5) is 16.5. The Hall–Kier alpha value is -4.30. The highest BCUT2D eigenvalue weighted by Crippen LogP contribution is 2.40. The number of nitrogens with one attached hydrogen (secondary N) is 1. The molecule has 3 heterocycles. The number of rotatable bonds is 5. The Labute approximate surface area is 232 Å². The maximum atomic E-state index is 14.8. The molecule has 0 bridgehead atoms. The van der Waals surface area contributed by atoms with Crippen LogP contribution in [0.3, 0.4) is 0 Å². The van der Waals surface area contributed by atoms with Gasteiger partial charge in [-0.3, -0.25) is 9.12 Å². The van der Waals surface area contributed by atoms with Gasteiger partial charge in [0.25, 0.3) is 10.1 Å². The molecule has 14 heteroatoms. The van der Waals surface area contributed by atoms with Gasteiger partial charge in [0.05, 0.1) is 28.8 Å². The molecule has 41 heavy (non-hydrogen) atoms. The number of H-pyrrole nitrogens is 1. The second kappa shape index (κ2) is 11.3. The lowest BCUT2D eigenvalue weighted by Gasteiger charge is -2.11. The minimum atomic E-state index is -4.77. The van der Waals surface area contributed by atoms with Crippen molar-refractivity contribution in [3.63, 3.8) is 0 Å². The van der Waals surface area contributed by atoms with Crippen molar-refractivity contribution in [2.75, 3.05) is 12.0 Å². The molecule has 0 amide bonds. The van der Waals surface area contributed by atoms with E-state index in [1.807, 2.05) is 19.9 Å². The fourth-order valence-electron chi connectivity index (χ4n) is 4.19. The van der Waals surface area contributed by atoms with Crippen molar-refractivity contribution in [2.45, 2.75) is 26.6 Å². The highest BCUT2D eigenvalue weighted by atomic mass is 32.2. The van der Waals surface area contributed by atoms with E-state index < -0.39 is 33.2 Å². The van der Waals surface area contributed by atoms with Crippen molar-refractivity contribution in [2.24, 2.45) is 5.92 Å². The Morgan fingerprint density at radius 1 is 1.00 bits per heavy atom. The summed E-state index contributed by atoms with van der Waals surface area (Å²) in [5.74, 6) is -0.688. The molecule has 2 aromatic carbocycles. The number of nitrogens with zero attached hydrogens (tertiary/aromatic N) is 4. The predicted octanol–water partition coefficient (Wildman–Crippen LogP) is 6.06. The Kier molecular flexibility index (Phi) is 8.17. The summed E-state index contributed by atoms with van der Waals surface area (Å²) >= 11 is 0. The first-order chi connectivity index (χ1) is 19.1. The molecule has 5 aromatic rings. The summed E-state index contributed by atoms with van der Waals surface area (Å²) in [6.45, 7) is 4.66. The molecule has 0 saturated carbocycles. The van der Waals surface area contributed by atoms with Gasteiger partial charge in [-0.1, -0.05) is 50.2 Å². The molecule has 9 nitrogen and oxygen atoms in total. The normalized spacial score (nSPS) is 12.0. The SMILES string of the molecule is CC(C)Cn1c(N)nc2ccc(-c3nc(-c4c(F)cccc4C(F)(F)F)[nH]c3-c3ccccc3)nc21.CS(=O)(=O)O. The van der Waals surface area contributed by atoms with E-state index in [9.17, 15) is 26.0 Å². The van der Waals surface area contributed by atoms with Crippen molar-refractivity contribution in [1.82, 2.24) is 24.5 Å². The second-order valence-corrected chi connectivity index (χ2v) is 11.0. The molecule has 4 N–H and O–H groups in total. The third kappa shape index (κ3) is 6.89. The molecule has 0 aliphatic rings. The number of nitrogens with two attached hydrogens (primary N) is 1. The topological polar surface area (TPSA) is 140 Å². The molecule has 0 unspecified atom stereocenters. The van der Waals surface area contributed by atoms with Crippen LogP contribution in [0, 0.1) is 11.7 Å². The largest absolute Gasteiger partial charge is 0.417 e. The van der Waals surface area contributed by atoms with Gasteiger partial charge in [-0.25, -0.2) is 19.3 Å². The van der Waals surface area contributed by atoms with Crippen molar-refractivity contribution >= 4 is 27.2 Å². The van der Waals surface area contributed by atoms with Gasteiger partial charge in [-0.2, -0.15) is 21.6 Å².